The Labute approximate surface area is 385 Å². The Morgan fingerprint density at radius 3 is 1.42 bits per heavy atom. The summed E-state index contributed by atoms with van der Waals surface area (Å²) < 4.78 is 0. The first-order valence-corrected chi connectivity index (χ1v) is 23.5. The number of nitrogens with zero attached hydrogens (tertiary/aromatic N) is 2. The van der Waals surface area contributed by atoms with Gasteiger partial charge in [0.25, 0.3) is 6.71 Å². The van der Waals surface area contributed by atoms with E-state index < -0.39 is 0 Å². The molecule has 0 amide bonds. The van der Waals surface area contributed by atoms with Crippen molar-refractivity contribution >= 4 is 57.2 Å². The molecule has 2 unspecified atom stereocenters. The Morgan fingerprint density at radius 2 is 0.815 bits per heavy atom. The smallest absolute Gasteiger partial charge is 0.252 e. The number of rotatable bonds is 10. The van der Waals surface area contributed by atoms with E-state index in [-0.39, 0.29) is 6.71 Å². The zero-order valence-electron chi connectivity index (χ0n) is 37.7. The molecule has 0 spiro atoms. The van der Waals surface area contributed by atoms with Gasteiger partial charge in [0, 0.05) is 34.1 Å². The van der Waals surface area contributed by atoms with E-state index in [1.807, 2.05) is 0 Å². The minimum atomic E-state index is 0.0394. The summed E-state index contributed by atoms with van der Waals surface area (Å²) in [5.41, 5.74) is 23.7. The fourth-order valence-corrected chi connectivity index (χ4v) is 10.3. The summed E-state index contributed by atoms with van der Waals surface area (Å²) in [6.07, 6.45) is 2.21. The molecule has 0 fully saturated rings. The van der Waals surface area contributed by atoms with Crippen molar-refractivity contribution in [2.45, 2.75) is 52.4 Å². The molecule has 11 rings (SSSR count). The number of hydrogen-bond donors (Lipinski definition) is 0. The van der Waals surface area contributed by atoms with Crippen molar-refractivity contribution < 1.29 is 0 Å². The highest BCUT2D eigenvalue weighted by Crippen LogP contribution is 2.46. The van der Waals surface area contributed by atoms with Gasteiger partial charge in [-0.3, -0.25) is 0 Å². The molecular weight excluding hydrogens is 784 g/mol. The lowest BCUT2D eigenvalue weighted by Crippen LogP contribution is -2.61. The van der Waals surface area contributed by atoms with Gasteiger partial charge < -0.3 is 9.80 Å². The van der Waals surface area contributed by atoms with Crippen LogP contribution in [0.4, 0.5) is 34.1 Å². The number of fused-ring (bicyclic) bond motifs is 4. The van der Waals surface area contributed by atoms with Gasteiger partial charge in [0.05, 0.1) is 0 Å². The topological polar surface area (TPSA) is 6.48 Å². The van der Waals surface area contributed by atoms with Crippen molar-refractivity contribution in [3.63, 3.8) is 0 Å². The molecule has 2 aliphatic rings. The standard InChI is InChI=1S/C62H53BN2/c1-5-42(3)44-29-33-54(34-30-44)64-58-36-32-47(43(4)6-2)40-57(58)63-56-35-31-53(51-24-14-22-49(38-51)46-19-11-8-12-20-46)41-61(56)65(60-28-16-27-59(64)62(60)63)55-26-15-25-52(39-55)50-23-13-21-48(37-50)45-17-9-7-10-18-45/h7-43H,5-6H2,1-4H3. The fourth-order valence-electron chi connectivity index (χ4n) is 10.3. The Hall–Kier alpha value is -7.36. The molecule has 9 aromatic carbocycles. The quantitative estimate of drug-likeness (QED) is 0.127. The Balaban J connectivity index is 1.13. The van der Waals surface area contributed by atoms with E-state index in [0.29, 0.717) is 11.8 Å². The van der Waals surface area contributed by atoms with Gasteiger partial charge in [-0.05, 0) is 157 Å². The molecule has 65 heavy (non-hydrogen) atoms. The first-order chi connectivity index (χ1) is 32.0. The SMILES string of the molecule is CCC(C)c1ccc(N2c3ccc(C(C)CC)cc3B3c4ccc(-c5cccc(-c6ccccc6)c5)cc4N(c4cccc(-c5cccc(-c6ccccc6)c5)c4)c4cccc2c43)cc1. The summed E-state index contributed by atoms with van der Waals surface area (Å²) in [7, 11) is 0. The average Bonchev–Trinajstić information content (AvgIpc) is 3.38. The molecule has 0 aromatic heterocycles. The molecule has 2 heterocycles. The predicted octanol–water partition coefficient (Wildman–Crippen LogP) is 15.5. The van der Waals surface area contributed by atoms with Crippen molar-refractivity contribution in [1.29, 1.82) is 0 Å². The van der Waals surface area contributed by atoms with Gasteiger partial charge in [-0.1, -0.05) is 179 Å². The van der Waals surface area contributed by atoms with Gasteiger partial charge in [-0.2, -0.15) is 0 Å². The van der Waals surface area contributed by atoms with E-state index in [2.05, 4.69) is 250 Å². The van der Waals surface area contributed by atoms with Crippen LogP contribution in [0.5, 0.6) is 0 Å². The maximum atomic E-state index is 2.55. The van der Waals surface area contributed by atoms with Gasteiger partial charge in [0.1, 0.15) is 0 Å². The van der Waals surface area contributed by atoms with Crippen LogP contribution < -0.4 is 26.2 Å². The van der Waals surface area contributed by atoms with Crippen molar-refractivity contribution in [2.75, 3.05) is 9.80 Å². The molecule has 0 saturated heterocycles. The predicted molar refractivity (Wildman–Crippen MR) is 280 cm³/mol. The summed E-state index contributed by atoms with van der Waals surface area (Å²) in [6, 6.07) is 79.4. The van der Waals surface area contributed by atoms with Gasteiger partial charge >= 0.3 is 0 Å². The molecule has 0 N–H and O–H groups in total. The van der Waals surface area contributed by atoms with Crippen molar-refractivity contribution in [2.24, 2.45) is 0 Å². The largest absolute Gasteiger partial charge is 0.311 e. The van der Waals surface area contributed by atoms with Gasteiger partial charge in [0.2, 0.25) is 0 Å². The summed E-state index contributed by atoms with van der Waals surface area (Å²) in [5.74, 6) is 0.958. The Morgan fingerprint density at radius 1 is 0.338 bits per heavy atom. The highest BCUT2D eigenvalue weighted by Gasteiger charge is 2.43. The fraction of sp³-hybridized carbons (Fsp3) is 0.129. The molecule has 0 saturated carbocycles. The van der Waals surface area contributed by atoms with Crippen LogP contribution in [0.1, 0.15) is 63.5 Å². The molecule has 3 heteroatoms. The van der Waals surface area contributed by atoms with Gasteiger partial charge in [-0.25, -0.2) is 0 Å². The molecule has 0 radical (unpaired) electrons. The van der Waals surface area contributed by atoms with Crippen LogP contribution in [0.3, 0.4) is 0 Å². The van der Waals surface area contributed by atoms with Crippen molar-refractivity contribution in [1.82, 2.24) is 0 Å². The lowest BCUT2D eigenvalue weighted by Gasteiger charge is -2.44. The summed E-state index contributed by atoms with van der Waals surface area (Å²) in [4.78, 5) is 5.08. The maximum absolute atomic E-state index is 2.55. The molecule has 2 atom stereocenters. The second-order valence-electron chi connectivity index (χ2n) is 18.1. The molecule has 2 aliphatic heterocycles. The number of anilines is 6. The normalized spacial score (nSPS) is 13.4. The van der Waals surface area contributed by atoms with E-state index in [0.717, 1.165) is 18.5 Å². The summed E-state index contributed by atoms with van der Waals surface area (Å²) in [5, 5.41) is 0. The Kier molecular flexibility index (Phi) is 10.6. The zero-order chi connectivity index (χ0) is 44.0. The second kappa shape index (κ2) is 17.0. The first kappa shape index (κ1) is 40.4. The van der Waals surface area contributed by atoms with Gasteiger partial charge in [0.15, 0.2) is 0 Å². The highest BCUT2D eigenvalue weighted by atomic mass is 15.2. The maximum Gasteiger partial charge on any atom is 0.252 e. The van der Waals surface area contributed by atoms with Crippen LogP contribution in [0.2, 0.25) is 0 Å². The van der Waals surface area contributed by atoms with Crippen molar-refractivity contribution in [3.05, 3.63) is 223 Å². The summed E-state index contributed by atoms with van der Waals surface area (Å²) in [6.45, 7) is 9.31. The molecule has 0 bridgehead atoms. The van der Waals surface area contributed by atoms with E-state index in [4.69, 9.17) is 0 Å². The molecule has 314 valence electrons. The van der Waals surface area contributed by atoms with Crippen molar-refractivity contribution in [3.8, 4) is 44.5 Å². The number of hydrogen-bond acceptors (Lipinski definition) is 2. The minimum Gasteiger partial charge on any atom is -0.311 e. The monoisotopic (exact) mass is 836 g/mol. The second-order valence-corrected chi connectivity index (χ2v) is 18.1. The van der Waals surface area contributed by atoms with E-state index >= 15 is 0 Å². The Bertz CT molecular complexity index is 3170. The lowest BCUT2D eigenvalue weighted by atomic mass is 9.33. The van der Waals surface area contributed by atoms with Crippen LogP contribution in [-0.4, -0.2) is 6.71 Å². The highest BCUT2D eigenvalue weighted by molar-refractivity contribution is 7.00. The third-order valence-electron chi connectivity index (χ3n) is 14.2. The van der Waals surface area contributed by atoms with E-state index in [1.165, 1.54) is 100 Å². The third-order valence-corrected chi connectivity index (χ3v) is 14.2. The lowest BCUT2D eigenvalue weighted by molar-refractivity contribution is 0.733. The minimum absolute atomic E-state index is 0.0394. The average molecular weight is 837 g/mol. The number of benzene rings is 9. The molecule has 2 nitrogen and oxygen atoms in total. The van der Waals surface area contributed by atoms with Crippen LogP contribution in [0.15, 0.2) is 212 Å². The van der Waals surface area contributed by atoms with Crippen LogP contribution in [0, 0.1) is 0 Å². The van der Waals surface area contributed by atoms with Gasteiger partial charge in [-0.15, -0.1) is 0 Å². The van der Waals surface area contributed by atoms with Crippen LogP contribution in [-0.2, 0) is 0 Å². The molecule has 0 aliphatic carbocycles. The van der Waals surface area contributed by atoms with E-state index in [9.17, 15) is 0 Å². The zero-order valence-corrected chi connectivity index (χ0v) is 37.7. The third kappa shape index (κ3) is 7.26. The van der Waals surface area contributed by atoms with Crippen LogP contribution >= 0.6 is 0 Å². The molecule has 9 aromatic rings. The molecular formula is C62H53BN2. The first-order valence-electron chi connectivity index (χ1n) is 23.5. The van der Waals surface area contributed by atoms with Crippen LogP contribution in [0.25, 0.3) is 44.5 Å². The summed E-state index contributed by atoms with van der Waals surface area (Å²) >= 11 is 0. The van der Waals surface area contributed by atoms with E-state index in [1.54, 1.807) is 0 Å².